The van der Waals surface area contributed by atoms with Crippen molar-refractivity contribution in [1.29, 1.82) is 0 Å². The second-order valence-corrected chi connectivity index (χ2v) is 9.43. The lowest BCUT2D eigenvalue weighted by Crippen LogP contribution is -2.46. The van der Waals surface area contributed by atoms with Crippen LogP contribution in [0.3, 0.4) is 0 Å². The van der Waals surface area contributed by atoms with Gasteiger partial charge in [0.2, 0.25) is 0 Å². The number of hydrogen-bond donors (Lipinski definition) is 2. The molecule has 2 heterocycles. The van der Waals surface area contributed by atoms with Gasteiger partial charge >= 0.3 is 0 Å². The predicted molar refractivity (Wildman–Crippen MR) is 94.4 cm³/mol. The molecule has 0 unspecified atom stereocenters. The number of aromatic nitrogens is 2. The Hall–Kier alpha value is -1.45. The van der Waals surface area contributed by atoms with Gasteiger partial charge < -0.3 is 4.90 Å². The molecule has 1 aromatic heterocycles. The zero-order valence-corrected chi connectivity index (χ0v) is 16.1. The normalized spacial score (nSPS) is 23.7. The average Bonchev–Trinajstić information content (AvgIpc) is 3.20. The summed E-state index contributed by atoms with van der Waals surface area (Å²) < 4.78 is 28.3. The molecule has 2 N–H and O–H groups in total. The lowest BCUT2D eigenvalue weighted by Gasteiger charge is -2.24. The van der Waals surface area contributed by atoms with Crippen LogP contribution in [0.5, 0.6) is 0 Å². The van der Waals surface area contributed by atoms with E-state index in [0.29, 0.717) is 18.8 Å². The number of likely N-dealkylation sites (tertiary alicyclic amines) is 1. The smallest absolute Gasteiger partial charge is 0.279 e. The summed E-state index contributed by atoms with van der Waals surface area (Å²) in [6.07, 6.45) is 2.87. The SMILES string of the molecule is CC(C)[C@@H]1CN(C(=O)c2n[nH]c3c2CCC3)C[C@H]1NS(=O)(=O)N(C)C. The van der Waals surface area contributed by atoms with E-state index in [1.807, 2.05) is 0 Å². The van der Waals surface area contributed by atoms with E-state index in [1.165, 1.54) is 14.1 Å². The summed E-state index contributed by atoms with van der Waals surface area (Å²) in [5.74, 6) is 0.236. The van der Waals surface area contributed by atoms with Gasteiger partial charge in [-0.3, -0.25) is 9.89 Å². The number of H-pyrrole nitrogens is 1. The van der Waals surface area contributed by atoms with Crippen LogP contribution >= 0.6 is 0 Å². The number of carbonyl (C=O) groups is 1. The van der Waals surface area contributed by atoms with Crippen LogP contribution in [-0.2, 0) is 23.1 Å². The van der Waals surface area contributed by atoms with Crippen LogP contribution in [0.25, 0.3) is 0 Å². The Morgan fingerprint density at radius 3 is 2.68 bits per heavy atom. The van der Waals surface area contributed by atoms with Crippen molar-refractivity contribution < 1.29 is 13.2 Å². The van der Waals surface area contributed by atoms with Crippen LogP contribution in [-0.4, -0.2) is 67.0 Å². The molecule has 1 saturated heterocycles. The molecule has 2 atom stereocenters. The topological polar surface area (TPSA) is 98.4 Å². The Morgan fingerprint density at radius 1 is 1.32 bits per heavy atom. The Labute approximate surface area is 149 Å². The lowest BCUT2D eigenvalue weighted by molar-refractivity contribution is 0.0776. The maximum Gasteiger partial charge on any atom is 0.279 e. The summed E-state index contributed by atoms with van der Waals surface area (Å²) in [6.45, 7) is 5.03. The number of aryl methyl sites for hydroxylation is 1. The number of nitrogens with one attached hydrogen (secondary N) is 2. The fourth-order valence-corrected chi connectivity index (χ4v) is 4.58. The predicted octanol–water partition coefficient (Wildman–Crippen LogP) is 0.391. The van der Waals surface area contributed by atoms with Gasteiger partial charge in [-0.2, -0.15) is 22.5 Å². The number of carbonyl (C=O) groups excluding carboxylic acids is 1. The molecule has 9 heteroatoms. The third kappa shape index (κ3) is 3.45. The molecule has 1 amide bonds. The van der Waals surface area contributed by atoms with Gasteiger partial charge in [-0.15, -0.1) is 0 Å². The van der Waals surface area contributed by atoms with Gasteiger partial charge in [0, 0.05) is 44.5 Å². The summed E-state index contributed by atoms with van der Waals surface area (Å²) in [4.78, 5) is 14.7. The zero-order chi connectivity index (χ0) is 18.4. The van der Waals surface area contributed by atoms with Crippen molar-refractivity contribution in [1.82, 2.24) is 24.1 Å². The molecule has 25 heavy (non-hydrogen) atoms. The summed E-state index contributed by atoms with van der Waals surface area (Å²) in [5.41, 5.74) is 2.60. The van der Waals surface area contributed by atoms with Crippen molar-refractivity contribution in [2.24, 2.45) is 11.8 Å². The van der Waals surface area contributed by atoms with Crippen LogP contribution in [0.4, 0.5) is 0 Å². The molecule has 0 saturated carbocycles. The summed E-state index contributed by atoms with van der Waals surface area (Å²) >= 11 is 0. The minimum absolute atomic E-state index is 0.0747. The minimum atomic E-state index is -3.54. The maximum atomic E-state index is 12.9. The quantitative estimate of drug-likeness (QED) is 0.784. The summed E-state index contributed by atoms with van der Waals surface area (Å²) in [7, 11) is -0.542. The molecule has 140 valence electrons. The number of fused-ring (bicyclic) bond motifs is 1. The molecule has 0 aromatic carbocycles. The van der Waals surface area contributed by atoms with Gasteiger partial charge in [0.05, 0.1) is 0 Å². The first-order chi connectivity index (χ1) is 11.7. The summed E-state index contributed by atoms with van der Waals surface area (Å²) in [6, 6.07) is -0.289. The van der Waals surface area contributed by atoms with E-state index in [9.17, 15) is 13.2 Å². The molecule has 1 aliphatic heterocycles. The second-order valence-electron chi connectivity index (χ2n) is 7.51. The zero-order valence-electron chi connectivity index (χ0n) is 15.2. The van der Waals surface area contributed by atoms with Gasteiger partial charge in [0.1, 0.15) is 0 Å². The molecule has 0 radical (unpaired) electrons. The van der Waals surface area contributed by atoms with Crippen LogP contribution in [0.15, 0.2) is 0 Å². The van der Waals surface area contributed by atoms with E-state index >= 15 is 0 Å². The van der Waals surface area contributed by atoms with Crippen molar-refractivity contribution >= 4 is 16.1 Å². The largest absolute Gasteiger partial charge is 0.335 e. The highest BCUT2D eigenvalue weighted by molar-refractivity contribution is 7.87. The average molecular weight is 369 g/mol. The molecule has 8 nitrogen and oxygen atoms in total. The maximum absolute atomic E-state index is 12.9. The number of amides is 1. The van der Waals surface area contributed by atoms with E-state index < -0.39 is 10.2 Å². The first-order valence-corrected chi connectivity index (χ1v) is 10.2. The van der Waals surface area contributed by atoms with Crippen LogP contribution in [0.1, 0.15) is 42.0 Å². The molecule has 0 spiro atoms. The number of rotatable bonds is 5. The van der Waals surface area contributed by atoms with Gasteiger partial charge in [-0.1, -0.05) is 13.8 Å². The molecule has 2 aliphatic rings. The van der Waals surface area contributed by atoms with E-state index in [0.717, 1.165) is 34.8 Å². The van der Waals surface area contributed by atoms with E-state index in [4.69, 9.17) is 0 Å². The molecule has 3 rings (SSSR count). The Kier molecular flexibility index (Phi) is 4.91. The standard InChI is InChI=1S/C16H27N5O3S/c1-10(2)12-8-21(9-14(12)19-25(23,24)20(3)4)16(22)15-11-6-5-7-13(11)17-18-15/h10,12,14,19H,5-9H2,1-4H3,(H,17,18)/t12-,14+/m0/s1. The molecular weight excluding hydrogens is 342 g/mol. The minimum Gasteiger partial charge on any atom is -0.335 e. The van der Waals surface area contributed by atoms with Crippen LogP contribution in [0, 0.1) is 11.8 Å². The van der Waals surface area contributed by atoms with Crippen molar-refractivity contribution in [3.8, 4) is 0 Å². The number of aromatic amines is 1. The van der Waals surface area contributed by atoms with E-state index in [-0.39, 0.29) is 23.8 Å². The third-order valence-corrected chi connectivity index (χ3v) is 6.86. The van der Waals surface area contributed by atoms with Crippen LogP contribution in [0.2, 0.25) is 0 Å². The Balaban J connectivity index is 1.78. The highest BCUT2D eigenvalue weighted by atomic mass is 32.2. The van der Waals surface area contributed by atoms with E-state index in [2.05, 4.69) is 28.8 Å². The molecule has 1 aromatic rings. The van der Waals surface area contributed by atoms with Crippen molar-refractivity contribution in [3.05, 3.63) is 17.0 Å². The molecule has 1 aliphatic carbocycles. The van der Waals surface area contributed by atoms with Gasteiger partial charge in [0.25, 0.3) is 16.1 Å². The van der Waals surface area contributed by atoms with Gasteiger partial charge in [0.15, 0.2) is 5.69 Å². The number of nitrogens with zero attached hydrogens (tertiary/aromatic N) is 3. The fourth-order valence-electron chi connectivity index (χ4n) is 3.74. The highest BCUT2D eigenvalue weighted by Gasteiger charge is 2.40. The second kappa shape index (κ2) is 6.69. The summed E-state index contributed by atoms with van der Waals surface area (Å²) in [5, 5.41) is 7.19. The third-order valence-electron chi connectivity index (χ3n) is 5.30. The Bertz CT molecular complexity index is 756. The monoisotopic (exact) mass is 369 g/mol. The lowest BCUT2D eigenvalue weighted by atomic mass is 9.92. The molecule has 0 bridgehead atoms. The van der Waals surface area contributed by atoms with Crippen LogP contribution < -0.4 is 4.72 Å². The highest BCUT2D eigenvalue weighted by Crippen LogP contribution is 2.29. The molecule has 1 fully saturated rings. The number of hydrogen-bond acceptors (Lipinski definition) is 4. The fraction of sp³-hybridized carbons (Fsp3) is 0.750. The van der Waals surface area contributed by atoms with Crippen molar-refractivity contribution in [2.75, 3.05) is 27.2 Å². The first kappa shape index (κ1) is 18.3. The van der Waals surface area contributed by atoms with Crippen molar-refractivity contribution in [2.45, 2.75) is 39.2 Å². The van der Waals surface area contributed by atoms with E-state index in [1.54, 1.807) is 4.90 Å². The van der Waals surface area contributed by atoms with Gasteiger partial charge in [-0.05, 0) is 31.1 Å². The van der Waals surface area contributed by atoms with Gasteiger partial charge in [-0.25, -0.2) is 0 Å². The first-order valence-electron chi connectivity index (χ1n) is 8.76. The Morgan fingerprint density at radius 2 is 2.04 bits per heavy atom. The molecular formula is C16H27N5O3S. The van der Waals surface area contributed by atoms with Crippen molar-refractivity contribution in [3.63, 3.8) is 0 Å².